The smallest absolute Gasteiger partial charge is 0.277 e. The number of ether oxygens (including phenoxy) is 2. The van der Waals surface area contributed by atoms with Crippen molar-refractivity contribution < 1.29 is 14.3 Å². The number of nitriles is 1. The lowest BCUT2D eigenvalue weighted by molar-refractivity contribution is 0.0610. The summed E-state index contributed by atoms with van der Waals surface area (Å²) in [5, 5.41) is 11.7. The Balaban J connectivity index is 1.98. The van der Waals surface area contributed by atoms with Gasteiger partial charge in [0.2, 0.25) is 5.43 Å². The van der Waals surface area contributed by atoms with Crippen LogP contribution in [-0.2, 0) is 11.2 Å². The van der Waals surface area contributed by atoms with Gasteiger partial charge in [0, 0.05) is 19.7 Å². The van der Waals surface area contributed by atoms with Crippen LogP contribution < -0.4 is 15.2 Å². The van der Waals surface area contributed by atoms with E-state index >= 15 is 0 Å². The van der Waals surface area contributed by atoms with E-state index in [4.69, 9.17) is 9.47 Å². The Morgan fingerprint density at radius 3 is 2.22 bits per heavy atom. The molecule has 8 heteroatoms. The third-order valence-corrected chi connectivity index (χ3v) is 6.38. The van der Waals surface area contributed by atoms with Crippen molar-refractivity contribution in [3.05, 3.63) is 99.5 Å². The highest BCUT2D eigenvalue weighted by Gasteiger charge is 2.38. The van der Waals surface area contributed by atoms with E-state index in [0.29, 0.717) is 25.5 Å². The van der Waals surface area contributed by atoms with Crippen LogP contribution in [0.15, 0.2) is 71.5 Å². The van der Waals surface area contributed by atoms with Crippen molar-refractivity contribution >= 4 is 5.91 Å². The number of hydrogen-bond acceptors (Lipinski definition) is 6. The fraction of sp³-hybridized carbons (Fsp3) is 0.345. The number of pyridine rings is 1. The van der Waals surface area contributed by atoms with Crippen molar-refractivity contribution in [1.82, 2.24) is 9.58 Å². The molecule has 0 saturated carbocycles. The first-order valence-electron chi connectivity index (χ1n) is 12.5. The summed E-state index contributed by atoms with van der Waals surface area (Å²) in [6.07, 6.45) is 1.61. The Hall–Kier alpha value is -4.09. The van der Waals surface area contributed by atoms with Gasteiger partial charge in [-0.15, -0.1) is 0 Å². The largest absolute Gasteiger partial charge is 0.487 e. The van der Waals surface area contributed by atoms with Gasteiger partial charge in [-0.3, -0.25) is 14.6 Å². The second kappa shape index (κ2) is 12.2. The van der Waals surface area contributed by atoms with Gasteiger partial charge in [-0.25, -0.2) is 4.68 Å². The van der Waals surface area contributed by atoms with Gasteiger partial charge in [0.05, 0.1) is 37.4 Å². The Kier molecular flexibility index (Phi) is 8.60. The number of nitrogens with zero attached hydrogens (tertiary/aromatic N) is 4. The maximum absolute atomic E-state index is 13.8. The van der Waals surface area contributed by atoms with E-state index in [0.717, 1.165) is 24.0 Å². The molecule has 0 unspecified atom stereocenters. The van der Waals surface area contributed by atoms with Gasteiger partial charge >= 0.3 is 0 Å². The molecule has 3 aromatic rings. The fourth-order valence-corrected chi connectivity index (χ4v) is 4.61. The predicted octanol–water partition coefficient (Wildman–Crippen LogP) is 3.88. The SMILES string of the molecule is CCCCOc1c2n(c(CC#N)cc1=O)N(C(c1ccccc1)c1ccccc1)CN(CCOC)C2=O. The molecule has 0 radical (unpaired) electrons. The molecule has 4 rings (SSSR count). The average Bonchev–Trinajstić information content (AvgIpc) is 2.92. The number of unbranched alkanes of at least 4 members (excludes halogenated alkanes) is 1. The molecule has 0 spiro atoms. The standard InChI is InChI=1S/C29H32N4O4/c1-3-4-18-37-28-25(34)20-24(15-16-30)33-27(28)29(35)31(17-19-36-2)21-32(33)26(22-11-7-5-8-12-22)23-13-9-6-10-14-23/h5-14,20,26H,3-4,15,17-19,21H2,1-2H3. The zero-order chi connectivity index (χ0) is 26.2. The lowest BCUT2D eigenvalue weighted by Gasteiger charge is -2.45. The minimum Gasteiger partial charge on any atom is -0.487 e. The van der Waals surface area contributed by atoms with Gasteiger partial charge in [-0.2, -0.15) is 5.26 Å². The number of carbonyl (C=O) groups excluding carboxylic acids is 1. The van der Waals surface area contributed by atoms with Crippen molar-refractivity contribution in [1.29, 1.82) is 5.26 Å². The van der Waals surface area contributed by atoms with Crippen molar-refractivity contribution in [3.63, 3.8) is 0 Å². The van der Waals surface area contributed by atoms with Crippen LogP contribution in [0.5, 0.6) is 5.75 Å². The van der Waals surface area contributed by atoms with E-state index in [-0.39, 0.29) is 36.5 Å². The average molecular weight is 501 g/mol. The van der Waals surface area contributed by atoms with Crippen LogP contribution in [0, 0.1) is 11.3 Å². The van der Waals surface area contributed by atoms with Crippen molar-refractivity contribution in [3.8, 4) is 11.8 Å². The summed E-state index contributed by atoms with van der Waals surface area (Å²) < 4.78 is 13.0. The Morgan fingerprint density at radius 1 is 1.00 bits per heavy atom. The molecule has 0 saturated heterocycles. The number of aromatic nitrogens is 1. The van der Waals surface area contributed by atoms with Crippen molar-refractivity contribution in [2.45, 2.75) is 32.2 Å². The number of hydrogen-bond donors (Lipinski definition) is 0. The summed E-state index contributed by atoms with van der Waals surface area (Å²) in [5.41, 5.74) is 2.21. The molecule has 0 bridgehead atoms. The molecule has 1 aliphatic rings. The van der Waals surface area contributed by atoms with Crippen LogP contribution in [0.2, 0.25) is 0 Å². The van der Waals surface area contributed by atoms with Gasteiger partial charge in [0.25, 0.3) is 5.91 Å². The fourth-order valence-electron chi connectivity index (χ4n) is 4.61. The maximum Gasteiger partial charge on any atom is 0.277 e. The molecular formula is C29H32N4O4. The van der Waals surface area contributed by atoms with E-state index in [1.165, 1.54) is 6.07 Å². The number of carbonyl (C=O) groups is 1. The number of benzene rings is 2. The van der Waals surface area contributed by atoms with E-state index in [1.54, 1.807) is 16.7 Å². The summed E-state index contributed by atoms with van der Waals surface area (Å²) in [4.78, 5) is 28.7. The minimum atomic E-state index is -0.398. The first-order valence-corrected chi connectivity index (χ1v) is 12.5. The third kappa shape index (κ3) is 5.52. The zero-order valence-corrected chi connectivity index (χ0v) is 21.3. The van der Waals surface area contributed by atoms with E-state index in [1.807, 2.05) is 72.6 Å². The van der Waals surface area contributed by atoms with Crippen molar-refractivity contribution in [2.24, 2.45) is 0 Å². The molecule has 1 amide bonds. The normalized spacial score (nSPS) is 13.0. The van der Waals surface area contributed by atoms with Gasteiger partial charge in [-0.1, -0.05) is 74.0 Å². The first-order chi connectivity index (χ1) is 18.1. The zero-order valence-electron chi connectivity index (χ0n) is 21.3. The van der Waals surface area contributed by atoms with E-state index < -0.39 is 5.43 Å². The Bertz CT molecular complexity index is 1260. The third-order valence-electron chi connectivity index (χ3n) is 6.38. The highest BCUT2D eigenvalue weighted by molar-refractivity contribution is 5.96. The molecule has 2 heterocycles. The highest BCUT2D eigenvalue weighted by atomic mass is 16.5. The molecule has 192 valence electrons. The van der Waals surface area contributed by atoms with E-state index in [2.05, 4.69) is 6.07 Å². The number of methoxy groups -OCH3 is 1. The van der Waals surface area contributed by atoms with Crippen LogP contribution in [0.4, 0.5) is 0 Å². The molecule has 8 nitrogen and oxygen atoms in total. The molecular weight excluding hydrogens is 468 g/mol. The molecule has 1 aromatic heterocycles. The van der Waals surface area contributed by atoms with Crippen LogP contribution in [0.25, 0.3) is 0 Å². The van der Waals surface area contributed by atoms with Crippen LogP contribution in [0.3, 0.4) is 0 Å². The van der Waals surface area contributed by atoms with Gasteiger partial charge in [0.15, 0.2) is 11.4 Å². The molecule has 37 heavy (non-hydrogen) atoms. The predicted molar refractivity (Wildman–Crippen MR) is 141 cm³/mol. The van der Waals surface area contributed by atoms with Gasteiger partial charge in [-0.05, 0) is 17.5 Å². The molecule has 1 aliphatic heterocycles. The summed E-state index contributed by atoms with van der Waals surface area (Å²) in [7, 11) is 1.59. The van der Waals surface area contributed by atoms with Crippen LogP contribution in [-0.4, -0.2) is 49.0 Å². The first kappa shape index (κ1) is 26.0. The molecule has 0 atom stereocenters. The lowest BCUT2D eigenvalue weighted by Crippen LogP contribution is -2.57. The summed E-state index contributed by atoms with van der Waals surface area (Å²) in [6, 6.07) is 23.3. The molecule has 0 N–H and O–H groups in total. The van der Waals surface area contributed by atoms with Crippen LogP contribution in [0.1, 0.15) is 53.1 Å². The second-order valence-electron chi connectivity index (χ2n) is 8.89. The van der Waals surface area contributed by atoms with Gasteiger partial charge < -0.3 is 14.4 Å². The monoisotopic (exact) mass is 500 g/mol. The molecule has 0 aliphatic carbocycles. The lowest BCUT2D eigenvalue weighted by atomic mass is 9.98. The maximum atomic E-state index is 13.8. The van der Waals surface area contributed by atoms with E-state index in [9.17, 15) is 14.9 Å². The molecule has 2 aromatic carbocycles. The summed E-state index contributed by atoms with van der Waals surface area (Å²) >= 11 is 0. The number of amides is 1. The van der Waals surface area contributed by atoms with Crippen LogP contribution >= 0.6 is 0 Å². The Labute approximate surface area is 217 Å². The Morgan fingerprint density at radius 2 is 1.65 bits per heavy atom. The summed E-state index contributed by atoms with van der Waals surface area (Å²) in [5.74, 6) is -0.302. The summed E-state index contributed by atoms with van der Waals surface area (Å²) in [6.45, 7) is 3.27. The quantitative estimate of drug-likeness (QED) is 0.372. The second-order valence-corrected chi connectivity index (χ2v) is 8.89. The topological polar surface area (TPSA) is 87.8 Å². The van der Waals surface area contributed by atoms with Crippen molar-refractivity contribution in [2.75, 3.05) is 38.5 Å². The van der Waals surface area contributed by atoms with Gasteiger partial charge in [0.1, 0.15) is 6.67 Å². The number of rotatable bonds is 11. The minimum absolute atomic E-state index is 0.0205. The molecule has 0 fully saturated rings. The highest BCUT2D eigenvalue weighted by Crippen LogP contribution is 2.33. The number of fused-ring (bicyclic) bond motifs is 1.